The van der Waals surface area contributed by atoms with Crippen molar-refractivity contribution in [2.45, 2.75) is 64.5 Å². The summed E-state index contributed by atoms with van der Waals surface area (Å²) >= 11 is 0. The third kappa shape index (κ3) is 4.58. The van der Waals surface area contributed by atoms with Crippen molar-refractivity contribution in [2.75, 3.05) is 19.8 Å². The van der Waals surface area contributed by atoms with E-state index in [1.807, 2.05) is 6.92 Å². The summed E-state index contributed by atoms with van der Waals surface area (Å²) in [6.07, 6.45) is 4.71. The Morgan fingerprint density at radius 1 is 1.44 bits per heavy atom. The zero-order chi connectivity index (χ0) is 13.4. The van der Waals surface area contributed by atoms with E-state index in [0.29, 0.717) is 13.0 Å². The van der Waals surface area contributed by atoms with Gasteiger partial charge in [0.1, 0.15) is 0 Å². The first-order valence-corrected chi connectivity index (χ1v) is 7.18. The number of carbonyl (C=O) groups is 1. The summed E-state index contributed by atoms with van der Waals surface area (Å²) in [6.45, 7) is 8.16. The normalized spacial score (nSPS) is 28.1. The van der Waals surface area contributed by atoms with E-state index in [1.54, 1.807) is 0 Å². The van der Waals surface area contributed by atoms with E-state index in [2.05, 4.69) is 19.2 Å². The number of esters is 1. The van der Waals surface area contributed by atoms with Gasteiger partial charge in [0.05, 0.1) is 19.1 Å². The molecule has 0 bridgehead atoms. The molecule has 4 heteroatoms. The highest BCUT2D eigenvalue weighted by Crippen LogP contribution is 2.30. The molecule has 0 amide bonds. The average molecular weight is 257 g/mol. The third-order valence-corrected chi connectivity index (χ3v) is 3.50. The zero-order valence-electron chi connectivity index (χ0n) is 12.0. The van der Waals surface area contributed by atoms with Crippen LogP contribution in [0.1, 0.15) is 52.9 Å². The molecule has 1 saturated heterocycles. The van der Waals surface area contributed by atoms with Crippen molar-refractivity contribution in [1.29, 1.82) is 0 Å². The van der Waals surface area contributed by atoms with Gasteiger partial charge in [-0.2, -0.15) is 0 Å². The number of hydrogen-bond acceptors (Lipinski definition) is 4. The lowest BCUT2D eigenvalue weighted by atomic mass is 9.82. The van der Waals surface area contributed by atoms with Crippen molar-refractivity contribution in [2.24, 2.45) is 0 Å². The summed E-state index contributed by atoms with van der Waals surface area (Å²) < 4.78 is 10.9. The van der Waals surface area contributed by atoms with Gasteiger partial charge in [-0.3, -0.25) is 4.79 Å². The molecular weight excluding hydrogens is 230 g/mol. The van der Waals surface area contributed by atoms with Crippen LogP contribution >= 0.6 is 0 Å². The Balaban J connectivity index is 2.63. The molecule has 0 radical (unpaired) electrons. The fourth-order valence-corrected chi connectivity index (χ4v) is 2.77. The predicted molar refractivity (Wildman–Crippen MR) is 71.5 cm³/mol. The summed E-state index contributed by atoms with van der Waals surface area (Å²) in [5.41, 5.74) is -0.126. The lowest BCUT2D eigenvalue weighted by Crippen LogP contribution is -2.53. The van der Waals surface area contributed by atoms with Crippen molar-refractivity contribution >= 4 is 5.97 Å². The minimum absolute atomic E-state index is 0.101. The molecule has 1 aliphatic rings. The van der Waals surface area contributed by atoms with E-state index in [0.717, 1.165) is 38.8 Å². The topological polar surface area (TPSA) is 47.6 Å². The van der Waals surface area contributed by atoms with Gasteiger partial charge in [-0.15, -0.1) is 0 Å². The Morgan fingerprint density at radius 2 is 2.22 bits per heavy atom. The molecule has 0 spiro atoms. The van der Waals surface area contributed by atoms with Crippen LogP contribution in [0.2, 0.25) is 0 Å². The van der Waals surface area contributed by atoms with Crippen molar-refractivity contribution in [3.63, 3.8) is 0 Å². The minimum atomic E-state index is -0.126. The van der Waals surface area contributed by atoms with Gasteiger partial charge >= 0.3 is 5.97 Å². The molecule has 2 unspecified atom stereocenters. The van der Waals surface area contributed by atoms with Crippen molar-refractivity contribution in [1.82, 2.24) is 5.32 Å². The van der Waals surface area contributed by atoms with Gasteiger partial charge in [0.25, 0.3) is 0 Å². The molecule has 1 N–H and O–H groups in total. The summed E-state index contributed by atoms with van der Waals surface area (Å²) in [5, 5.41) is 3.49. The molecule has 0 saturated carbocycles. The van der Waals surface area contributed by atoms with Crippen molar-refractivity contribution in [3.05, 3.63) is 0 Å². The van der Waals surface area contributed by atoms with E-state index in [-0.39, 0.29) is 17.6 Å². The van der Waals surface area contributed by atoms with Crippen molar-refractivity contribution in [3.8, 4) is 0 Å². The second kappa shape index (κ2) is 7.74. The van der Waals surface area contributed by atoms with E-state index in [9.17, 15) is 4.79 Å². The molecule has 18 heavy (non-hydrogen) atoms. The molecule has 1 fully saturated rings. The number of nitrogens with one attached hydrogen (secondary N) is 1. The zero-order valence-corrected chi connectivity index (χ0v) is 12.0. The van der Waals surface area contributed by atoms with Gasteiger partial charge in [0.15, 0.2) is 0 Å². The average Bonchev–Trinajstić information content (AvgIpc) is 2.30. The Kier molecular flexibility index (Phi) is 6.65. The van der Waals surface area contributed by atoms with Gasteiger partial charge in [-0.05, 0) is 32.7 Å². The quantitative estimate of drug-likeness (QED) is 0.711. The molecule has 1 aliphatic heterocycles. The number of ether oxygens (including phenoxy) is 2. The highest BCUT2D eigenvalue weighted by Gasteiger charge is 2.38. The molecular formula is C14H27NO3. The van der Waals surface area contributed by atoms with Gasteiger partial charge in [0.2, 0.25) is 0 Å². The first-order chi connectivity index (χ1) is 8.65. The lowest BCUT2D eigenvalue weighted by molar-refractivity contribution is -0.146. The van der Waals surface area contributed by atoms with E-state index in [1.165, 1.54) is 0 Å². The fraction of sp³-hybridized carbons (Fsp3) is 0.929. The first-order valence-electron chi connectivity index (χ1n) is 7.18. The summed E-state index contributed by atoms with van der Waals surface area (Å²) in [5.74, 6) is -0.101. The van der Waals surface area contributed by atoms with E-state index in [4.69, 9.17) is 9.47 Å². The number of carbonyl (C=O) groups excluding carboxylic acids is 1. The molecule has 1 heterocycles. The van der Waals surface area contributed by atoms with Crippen LogP contribution in [0, 0.1) is 0 Å². The molecule has 4 nitrogen and oxygen atoms in total. The van der Waals surface area contributed by atoms with Gasteiger partial charge in [0, 0.05) is 12.1 Å². The maximum Gasteiger partial charge on any atom is 0.307 e. The Bertz CT molecular complexity index is 251. The predicted octanol–water partition coefficient (Wildman–Crippen LogP) is 2.27. The SMILES string of the molecule is CCCC1CC(CC(=O)OCC)(NCC)CCO1. The van der Waals surface area contributed by atoms with Crippen LogP contribution in [0.4, 0.5) is 0 Å². The largest absolute Gasteiger partial charge is 0.466 e. The number of rotatable bonds is 7. The van der Waals surface area contributed by atoms with Crippen LogP contribution in [0.15, 0.2) is 0 Å². The minimum Gasteiger partial charge on any atom is -0.466 e. The monoisotopic (exact) mass is 257 g/mol. The maximum absolute atomic E-state index is 11.8. The summed E-state index contributed by atoms with van der Waals surface area (Å²) in [7, 11) is 0. The Hall–Kier alpha value is -0.610. The Morgan fingerprint density at radius 3 is 2.83 bits per heavy atom. The van der Waals surface area contributed by atoms with Crippen LogP contribution < -0.4 is 5.32 Å². The van der Waals surface area contributed by atoms with Gasteiger partial charge in [-0.25, -0.2) is 0 Å². The summed E-state index contributed by atoms with van der Waals surface area (Å²) in [6, 6.07) is 0. The first kappa shape index (κ1) is 15.4. The van der Waals surface area contributed by atoms with Crippen LogP contribution in [-0.4, -0.2) is 37.4 Å². The van der Waals surface area contributed by atoms with Crippen LogP contribution in [0.5, 0.6) is 0 Å². The standard InChI is InChI=1S/C14H27NO3/c1-4-7-12-10-14(15-5-2,8-9-18-12)11-13(16)17-6-3/h12,15H,4-11H2,1-3H3. The van der Waals surface area contributed by atoms with Gasteiger partial charge < -0.3 is 14.8 Å². The Labute approximate surface area is 110 Å². The number of hydrogen-bond donors (Lipinski definition) is 1. The molecule has 0 aliphatic carbocycles. The molecule has 0 aromatic rings. The highest BCUT2D eigenvalue weighted by molar-refractivity contribution is 5.71. The summed E-state index contributed by atoms with van der Waals surface area (Å²) in [4.78, 5) is 11.8. The molecule has 2 atom stereocenters. The second-order valence-electron chi connectivity index (χ2n) is 5.03. The maximum atomic E-state index is 11.8. The van der Waals surface area contributed by atoms with Crippen molar-refractivity contribution < 1.29 is 14.3 Å². The van der Waals surface area contributed by atoms with E-state index < -0.39 is 0 Å². The van der Waals surface area contributed by atoms with Crippen LogP contribution in [0.3, 0.4) is 0 Å². The molecule has 0 aromatic carbocycles. The van der Waals surface area contributed by atoms with E-state index >= 15 is 0 Å². The highest BCUT2D eigenvalue weighted by atomic mass is 16.5. The smallest absolute Gasteiger partial charge is 0.307 e. The third-order valence-electron chi connectivity index (χ3n) is 3.50. The lowest BCUT2D eigenvalue weighted by Gasteiger charge is -2.41. The van der Waals surface area contributed by atoms with Gasteiger partial charge in [-0.1, -0.05) is 20.3 Å². The van der Waals surface area contributed by atoms with Crippen LogP contribution in [-0.2, 0) is 14.3 Å². The second-order valence-corrected chi connectivity index (χ2v) is 5.03. The fourth-order valence-electron chi connectivity index (χ4n) is 2.77. The molecule has 106 valence electrons. The molecule has 0 aromatic heterocycles. The molecule has 1 rings (SSSR count). The van der Waals surface area contributed by atoms with Crippen LogP contribution in [0.25, 0.3) is 0 Å².